The maximum Gasteiger partial charge on any atom is 0.255 e. The zero-order valence-electron chi connectivity index (χ0n) is 14.9. The second-order valence-corrected chi connectivity index (χ2v) is 8.00. The third-order valence-electron chi connectivity index (χ3n) is 4.21. The molecule has 1 unspecified atom stereocenters. The molecule has 5 nitrogen and oxygen atoms in total. The van der Waals surface area contributed by atoms with E-state index in [0.29, 0.717) is 15.7 Å². The predicted molar refractivity (Wildman–Crippen MR) is 116 cm³/mol. The maximum atomic E-state index is 13.2. The third kappa shape index (κ3) is 4.48. The Kier molecular flexibility index (Phi) is 6.26. The molecular weight excluding hydrogens is 488 g/mol. The first-order valence-corrected chi connectivity index (χ1v) is 9.99. The fourth-order valence-corrected chi connectivity index (χ4v) is 3.35. The van der Waals surface area contributed by atoms with E-state index in [0.717, 1.165) is 14.6 Å². The van der Waals surface area contributed by atoms with Crippen LogP contribution in [0, 0.1) is 6.92 Å². The lowest BCUT2D eigenvalue weighted by Crippen LogP contribution is -2.38. The number of carbonyl (C=O) groups is 2. The summed E-state index contributed by atoms with van der Waals surface area (Å²) in [5.74, 6) is -1.05. The van der Waals surface area contributed by atoms with Crippen molar-refractivity contribution in [2.24, 2.45) is 0 Å². The van der Waals surface area contributed by atoms with Gasteiger partial charge in [0.05, 0.1) is 0 Å². The van der Waals surface area contributed by atoms with Gasteiger partial charge in [-0.3, -0.25) is 19.0 Å². The summed E-state index contributed by atoms with van der Waals surface area (Å²) in [5, 5.41) is 2.77. The highest BCUT2D eigenvalue weighted by Gasteiger charge is 2.30. The van der Waals surface area contributed by atoms with E-state index >= 15 is 0 Å². The number of aromatic nitrogens is 1. The van der Waals surface area contributed by atoms with Crippen LogP contribution in [0.4, 0.5) is 5.69 Å². The molecular formula is C21H16Br2N2O3. The number of benzene rings is 2. The minimum Gasteiger partial charge on any atom is -0.324 e. The van der Waals surface area contributed by atoms with Crippen molar-refractivity contribution in [3.8, 4) is 0 Å². The molecule has 0 bridgehead atoms. The van der Waals surface area contributed by atoms with Crippen molar-refractivity contribution >= 4 is 49.2 Å². The van der Waals surface area contributed by atoms with E-state index in [9.17, 15) is 14.4 Å². The number of ketones is 1. The third-order valence-corrected chi connectivity index (χ3v) is 5.21. The van der Waals surface area contributed by atoms with E-state index in [2.05, 4.69) is 37.2 Å². The number of anilines is 1. The van der Waals surface area contributed by atoms with E-state index < -0.39 is 23.3 Å². The number of pyridine rings is 1. The van der Waals surface area contributed by atoms with Crippen molar-refractivity contribution in [2.75, 3.05) is 5.32 Å². The molecule has 7 heteroatoms. The molecule has 1 amide bonds. The molecule has 1 aromatic heterocycles. The molecule has 0 fully saturated rings. The van der Waals surface area contributed by atoms with Crippen LogP contribution in [-0.4, -0.2) is 16.3 Å². The number of para-hydroxylation sites is 1. The molecule has 0 aliphatic heterocycles. The van der Waals surface area contributed by atoms with Crippen LogP contribution < -0.4 is 10.9 Å². The van der Waals surface area contributed by atoms with Crippen molar-refractivity contribution in [3.05, 3.63) is 97.3 Å². The zero-order valence-corrected chi connectivity index (χ0v) is 18.0. The van der Waals surface area contributed by atoms with Gasteiger partial charge in [-0.2, -0.15) is 0 Å². The highest BCUT2D eigenvalue weighted by atomic mass is 79.9. The summed E-state index contributed by atoms with van der Waals surface area (Å²) in [4.78, 5) is 38.7. The van der Waals surface area contributed by atoms with Crippen LogP contribution in [0.3, 0.4) is 0 Å². The molecule has 0 radical (unpaired) electrons. The average Bonchev–Trinajstić information content (AvgIpc) is 2.67. The SMILES string of the molecule is Cc1ccccc1NC(=O)C(C(=O)c1ccc(Br)cc1)n1cc(Br)ccc1=O. The number of rotatable bonds is 5. The number of hydrogen-bond donors (Lipinski definition) is 1. The fourth-order valence-electron chi connectivity index (χ4n) is 2.74. The number of aryl methyl sites for hydroxylation is 1. The number of nitrogens with one attached hydrogen (secondary N) is 1. The van der Waals surface area contributed by atoms with Gasteiger partial charge in [0, 0.05) is 32.5 Å². The molecule has 0 saturated heterocycles. The highest BCUT2D eigenvalue weighted by Crippen LogP contribution is 2.21. The second-order valence-electron chi connectivity index (χ2n) is 6.17. The van der Waals surface area contributed by atoms with Crippen LogP contribution in [0.15, 0.2) is 80.6 Å². The summed E-state index contributed by atoms with van der Waals surface area (Å²) in [6, 6.07) is 15.4. The molecule has 1 N–H and O–H groups in total. The van der Waals surface area contributed by atoms with Crippen LogP contribution in [0.5, 0.6) is 0 Å². The van der Waals surface area contributed by atoms with Crippen molar-refractivity contribution in [2.45, 2.75) is 13.0 Å². The Morgan fingerprint density at radius 1 is 0.929 bits per heavy atom. The number of Topliss-reactive ketones (excluding diaryl/α,β-unsaturated/α-hetero) is 1. The van der Waals surface area contributed by atoms with Crippen molar-refractivity contribution in [1.29, 1.82) is 0 Å². The first-order valence-electron chi connectivity index (χ1n) is 8.41. The molecule has 0 saturated carbocycles. The van der Waals surface area contributed by atoms with Crippen LogP contribution in [0.25, 0.3) is 0 Å². The van der Waals surface area contributed by atoms with Gasteiger partial charge < -0.3 is 5.32 Å². The van der Waals surface area contributed by atoms with Crippen LogP contribution in [0.1, 0.15) is 22.0 Å². The summed E-state index contributed by atoms with van der Waals surface area (Å²) in [6.07, 6.45) is 1.45. The Bertz CT molecular complexity index is 1090. The Morgan fingerprint density at radius 3 is 2.25 bits per heavy atom. The molecule has 1 atom stereocenters. The molecule has 3 aromatic rings. The quantitative estimate of drug-likeness (QED) is 0.403. The fraction of sp³-hybridized carbons (Fsp3) is 0.0952. The Balaban J connectivity index is 2.06. The standard InChI is InChI=1S/C21H16Br2N2O3/c1-13-4-2-3-5-17(13)24-21(28)19(25-12-16(23)10-11-18(25)26)20(27)14-6-8-15(22)9-7-14/h2-12,19H,1H3,(H,24,28). The molecule has 28 heavy (non-hydrogen) atoms. The Morgan fingerprint density at radius 2 is 1.57 bits per heavy atom. The van der Waals surface area contributed by atoms with E-state index in [1.54, 1.807) is 42.5 Å². The molecule has 2 aromatic carbocycles. The van der Waals surface area contributed by atoms with E-state index in [1.807, 2.05) is 19.1 Å². The number of carbonyl (C=O) groups excluding carboxylic acids is 2. The first-order chi connectivity index (χ1) is 13.4. The normalized spacial score (nSPS) is 11.7. The molecule has 0 aliphatic carbocycles. The Hall–Kier alpha value is -2.51. The number of halogens is 2. The summed E-state index contributed by atoms with van der Waals surface area (Å²) in [5.41, 5.74) is 1.33. The molecule has 0 aliphatic rings. The van der Waals surface area contributed by atoms with Crippen molar-refractivity contribution in [1.82, 2.24) is 4.57 Å². The van der Waals surface area contributed by atoms with Gasteiger partial charge in [-0.25, -0.2) is 0 Å². The maximum absolute atomic E-state index is 13.2. The summed E-state index contributed by atoms with van der Waals surface area (Å²) < 4.78 is 2.54. The van der Waals surface area contributed by atoms with Gasteiger partial charge in [0.2, 0.25) is 0 Å². The predicted octanol–water partition coefficient (Wildman–Crippen LogP) is 4.74. The van der Waals surface area contributed by atoms with Crippen LogP contribution >= 0.6 is 31.9 Å². The monoisotopic (exact) mass is 502 g/mol. The van der Waals surface area contributed by atoms with Crippen molar-refractivity contribution in [3.63, 3.8) is 0 Å². The number of hydrogen-bond acceptors (Lipinski definition) is 3. The first kappa shape index (κ1) is 20.2. The van der Waals surface area contributed by atoms with Gasteiger partial charge in [0.15, 0.2) is 11.8 Å². The van der Waals surface area contributed by atoms with Gasteiger partial charge in [-0.05, 0) is 52.7 Å². The number of amides is 1. The second kappa shape index (κ2) is 8.67. The molecule has 0 spiro atoms. The van der Waals surface area contributed by atoms with Gasteiger partial charge in [0.1, 0.15) is 0 Å². The smallest absolute Gasteiger partial charge is 0.255 e. The van der Waals surface area contributed by atoms with Gasteiger partial charge in [-0.15, -0.1) is 0 Å². The average molecular weight is 504 g/mol. The van der Waals surface area contributed by atoms with Crippen molar-refractivity contribution < 1.29 is 9.59 Å². The lowest BCUT2D eigenvalue weighted by molar-refractivity contribution is -0.118. The van der Waals surface area contributed by atoms with E-state index in [1.165, 1.54) is 12.3 Å². The summed E-state index contributed by atoms with van der Waals surface area (Å²) in [6.45, 7) is 1.85. The highest BCUT2D eigenvalue weighted by molar-refractivity contribution is 9.10. The van der Waals surface area contributed by atoms with Crippen LogP contribution in [-0.2, 0) is 4.79 Å². The minimum atomic E-state index is -1.34. The minimum absolute atomic E-state index is 0.333. The van der Waals surface area contributed by atoms with E-state index in [-0.39, 0.29) is 0 Å². The summed E-state index contributed by atoms with van der Waals surface area (Å²) >= 11 is 6.62. The van der Waals surface area contributed by atoms with Gasteiger partial charge >= 0.3 is 0 Å². The van der Waals surface area contributed by atoms with E-state index in [4.69, 9.17) is 0 Å². The molecule has 3 rings (SSSR count). The molecule has 142 valence electrons. The Labute approximate surface area is 178 Å². The summed E-state index contributed by atoms with van der Waals surface area (Å²) in [7, 11) is 0. The largest absolute Gasteiger partial charge is 0.324 e. The lowest BCUT2D eigenvalue weighted by atomic mass is 10.0. The van der Waals surface area contributed by atoms with Gasteiger partial charge in [-0.1, -0.05) is 46.3 Å². The van der Waals surface area contributed by atoms with Gasteiger partial charge in [0.25, 0.3) is 11.5 Å². The number of nitrogens with zero attached hydrogens (tertiary/aromatic N) is 1. The molecule has 1 heterocycles. The topological polar surface area (TPSA) is 68.2 Å². The zero-order chi connectivity index (χ0) is 20.3. The lowest BCUT2D eigenvalue weighted by Gasteiger charge is -2.19. The van der Waals surface area contributed by atoms with Crippen LogP contribution in [0.2, 0.25) is 0 Å².